The van der Waals surface area contributed by atoms with Crippen molar-refractivity contribution in [3.63, 3.8) is 0 Å². The number of fused-ring (bicyclic) bond motifs is 1. The molecule has 1 unspecified atom stereocenters. The number of hydrogen-bond donors (Lipinski definition) is 1. The van der Waals surface area contributed by atoms with Crippen LogP contribution in [0.2, 0.25) is 0 Å². The van der Waals surface area contributed by atoms with Crippen LogP contribution in [-0.4, -0.2) is 22.9 Å². The van der Waals surface area contributed by atoms with Gasteiger partial charge >= 0.3 is 0 Å². The first-order valence-electron chi connectivity index (χ1n) is 7.12. The maximum atomic E-state index is 5.31. The maximum Gasteiger partial charge on any atom is 0.119 e. The van der Waals surface area contributed by atoms with Gasteiger partial charge in [-0.1, -0.05) is 6.07 Å². The predicted molar refractivity (Wildman–Crippen MR) is 78.9 cm³/mol. The van der Waals surface area contributed by atoms with E-state index >= 15 is 0 Å². The highest BCUT2D eigenvalue weighted by Crippen LogP contribution is 2.25. The Morgan fingerprint density at radius 3 is 3.00 bits per heavy atom. The molecule has 0 saturated carbocycles. The standard InChI is InChI=1S/C16H21N3O/c1-19-8-7-15(18-19)11-17-14-5-3-12-4-6-16(20-2)10-13(12)9-14/h4,6-8,10,14,17H,3,5,9,11H2,1-2H3. The monoisotopic (exact) mass is 271 g/mol. The first kappa shape index (κ1) is 13.2. The van der Waals surface area contributed by atoms with Crippen LogP contribution in [0.25, 0.3) is 0 Å². The summed E-state index contributed by atoms with van der Waals surface area (Å²) in [7, 11) is 3.67. The number of rotatable bonds is 4. The highest BCUT2D eigenvalue weighted by molar-refractivity contribution is 5.37. The van der Waals surface area contributed by atoms with Gasteiger partial charge in [0.2, 0.25) is 0 Å². The van der Waals surface area contributed by atoms with E-state index in [1.807, 2.05) is 17.9 Å². The highest BCUT2D eigenvalue weighted by atomic mass is 16.5. The molecule has 1 aliphatic rings. The molecule has 4 heteroatoms. The van der Waals surface area contributed by atoms with E-state index in [0.717, 1.165) is 30.8 Å². The van der Waals surface area contributed by atoms with Crippen LogP contribution in [0.1, 0.15) is 23.2 Å². The Bertz CT molecular complexity index is 591. The summed E-state index contributed by atoms with van der Waals surface area (Å²) in [5.74, 6) is 0.953. The van der Waals surface area contributed by atoms with Crippen LogP contribution in [0.15, 0.2) is 30.5 Å². The largest absolute Gasteiger partial charge is 0.497 e. The third-order valence-corrected chi connectivity index (χ3v) is 3.98. The van der Waals surface area contributed by atoms with Gasteiger partial charge in [-0.3, -0.25) is 4.68 Å². The summed E-state index contributed by atoms with van der Waals surface area (Å²) < 4.78 is 7.16. The number of benzene rings is 1. The van der Waals surface area contributed by atoms with Crippen molar-refractivity contribution >= 4 is 0 Å². The molecule has 2 aromatic rings. The zero-order chi connectivity index (χ0) is 13.9. The summed E-state index contributed by atoms with van der Waals surface area (Å²) >= 11 is 0. The molecule has 1 heterocycles. The molecule has 0 bridgehead atoms. The topological polar surface area (TPSA) is 39.1 Å². The Balaban J connectivity index is 1.62. The van der Waals surface area contributed by atoms with E-state index in [1.54, 1.807) is 7.11 Å². The van der Waals surface area contributed by atoms with Gasteiger partial charge in [-0.05, 0) is 48.6 Å². The van der Waals surface area contributed by atoms with Crippen LogP contribution in [-0.2, 0) is 26.4 Å². The molecule has 0 fully saturated rings. The number of hydrogen-bond acceptors (Lipinski definition) is 3. The lowest BCUT2D eigenvalue weighted by Gasteiger charge is -2.25. The molecular formula is C16H21N3O. The Labute approximate surface area is 119 Å². The SMILES string of the molecule is COc1ccc2c(c1)CC(NCc1ccn(C)n1)CC2. The molecular weight excluding hydrogens is 250 g/mol. The van der Waals surface area contributed by atoms with Crippen molar-refractivity contribution in [3.05, 3.63) is 47.3 Å². The Hall–Kier alpha value is -1.81. The van der Waals surface area contributed by atoms with E-state index < -0.39 is 0 Å². The molecule has 0 aliphatic heterocycles. The van der Waals surface area contributed by atoms with Crippen LogP contribution >= 0.6 is 0 Å². The molecule has 20 heavy (non-hydrogen) atoms. The minimum Gasteiger partial charge on any atom is -0.497 e. The summed E-state index contributed by atoms with van der Waals surface area (Å²) in [6.07, 6.45) is 5.38. The lowest BCUT2D eigenvalue weighted by Crippen LogP contribution is -2.34. The zero-order valence-electron chi connectivity index (χ0n) is 12.1. The van der Waals surface area contributed by atoms with Crippen molar-refractivity contribution in [3.8, 4) is 5.75 Å². The number of aryl methyl sites for hydroxylation is 2. The zero-order valence-corrected chi connectivity index (χ0v) is 12.1. The molecule has 1 aliphatic carbocycles. The van der Waals surface area contributed by atoms with Crippen LogP contribution in [0.3, 0.4) is 0 Å². The van der Waals surface area contributed by atoms with E-state index in [1.165, 1.54) is 17.5 Å². The van der Waals surface area contributed by atoms with Crippen molar-refractivity contribution < 1.29 is 4.74 Å². The van der Waals surface area contributed by atoms with Gasteiger partial charge in [0.25, 0.3) is 0 Å². The summed E-state index contributed by atoms with van der Waals surface area (Å²) in [6, 6.07) is 9.01. The number of methoxy groups -OCH3 is 1. The normalized spacial score (nSPS) is 17.8. The van der Waals surface area contributed by atoms with Crippen LogP contribution in [0, 0.1) is 0 Å². The average molecular weight is 271 g/mol. The molecule has 1 aromatic heterocycles. The molecule has 106 valence electrons. The second-order valence-electron chi connectivity index (χ2n) is 5.44. The fraction of sp³-hybridized carbons (Fsp3) is 0.438. The Morgan fingerprint density at radius 2 is 2.25 bits per heavy atom. The second-order valence-corrected chi connectivity index (χ2v) is 5.44. The lowest BCUT2D eigenvalue weighted by molar-refractivity contribution is 0.410. The summed E-state index contributed by atoms with van der Waals surface area (Å²) in [5.41, 5.74) is 3.97. The number of nitrogens with one attached hydrogen (secondary N) is 1. The maximum absolute atomic E-state index is 5.31. The lowest BCUT2D eigenvalue weighted by atomic mass is 9.88. The van der Waals surface area contributed by atoms with E-state index in [9.17, 15) is 0 Å². The number of ether oxygens (including phenoxy) is 1. The van der Waals surface area contributed by atoms with E-state index in [4.69, 9.17) is 4.74 Å². The van der Waals surface area contributed by atoms with Gasteiger partial charge in [0.15, 0.2) is 0 Å². The summed E-state index contributed by atoms with van der Waals surface area (Å²) in [4.78, 5) is 0. The van der Waals surface area contributed by atoms with Gasteiger partial charge in [-0.25, -0.2) is 0 Å². The van der Waals surface area contributed by atoms with Crippen LogP contribution < -0.4 is 10.1 Å². The molecule has 0 saturated heterocycles. The van der Waals surface area contributed by atoms with E-state index in [-0.39, 0.29) is 0 Å². The smallest absolute Gasteiger partial charge is 0.119 e. The molecule has 1 atom stereocenters. The van der Waals surface area contributed by atoms with E-state index in [2.05, 4.69) is 34.7 Å². The van der Waals surface area contributed by atoms with E-state index in [0.29, 0.717) is 6.04 Å². The fourth-order valence-electron chi connectivity index (χ4n) is 2.84. The van der Waals surface area contributed by atoms with Gasteiger partial charge in [0.1, 0.15) is 5.75 Å². The minimum absolute atomic E-state index is 0.525. The molecule has 3 rings (SSSR count). The Morgan fingerprint density at radius 1 is 1.35 bits per heavy atom. The van der Waals surface area contributed by atoms with Crippen molar-refractivity contribution in [1.29, 1.82) is 0 Å². The average Bonchev–Trinajstić information content (AvgIpc) is 2.90. The molecule has 1 N–H and O–H groups in total. The molecule has 0 spiro atoms. The van der Waals surface area contributed by atoms with Gasteiger partial charge < -0.3 is 10.1 Å². The van der Waals surface area contributed by atoms with Crippen LogP contribution in [0.4, 0.5) is 0 Å². The summed E-state index contributed by atoms with van der Waals surface area (Å²) in [6.45, 7) is 0.838. The number of aromatic nitrogens is 2. The quantitative estimate of drug-likeness (QED) is 0.925. The van der Waals surface area contributed by atoms with Gasteiger partial charge in [-0.15, -0.1) is 0 Å². The molecule has 0 amide bonds. The first-order chi connectivity index (χ1) is 9.74. The van der Waals surface area contributed by atoms with Crippen molar-refractivity contribution in [2.75, 3.05) is 7.11 Å². The predicted octanol–water partition coefficient (Wildman–Crippen LogP) is 2.08. The molecule has 4 nitrogen and oxygen atoms in total. The van der Waals surface area contributed by atoms with Gasteiger partial charge in [0, 0.05) is 25.8 Å². The van der Waals surface area contributed by atoms with Crippen molar-refractivity contribution in [2.45, 2.75) is 31.8 Å². The third-order valence-electron chi connectivity index (χ3n) is 3.98. The fourth-order valence-corrected chi connectivity index (χ4v) is 2.84. The third kappa shape index (κ3) is 2.85. The van der Waals surface area contributed by atoms with Crippen molar-refractivity contribution in [1.82, 2.24) is 15.1 Å². The van der Waals surface area contributed by atoms with Gasteiger partial charge in [-0.2, -0.15) is 5.10 Å². The van der Waals surface area contributed by atoms with Gasteiger partial charge in [0.05, 0.1) is 12.8 Å². The minimum atomic E-state index is 0.525. The van der Waals surface area contributed by atoms with Crippen molar-refractivity contribution in [2.24, 2.45) is 7.05 Å². The highest BCUT2D eigenvalue weighted by Gasteiger charge is 2.18. The molecule has 0 radical (unpaired) electrons. The second kappa shape index (κ2) is 5.67. The summed E-state index contributed by atoms with van der Waals surface area (Å²) in [5, 5.41) is 8.01. The van der Waals surface area contributed by atoms with Crippen LogP contribution in [0.5, 0.6) is 5.75 Å². The number of nitrogens with zero attached hydrogens (tertiary/aromatic N) is 2. The first-order valence-corrected chi connectivity index (χ1v) is 7.12. The molecule has 1 aromatic carbocycles. The Kier molecular flexibility index (Phi) is 3.74.